The van der Waals surface area contributed by atoms with Crippen molar-refractivity contribution in [1.29, 1.82) is 0 Å². The molecular formula is C15H28O4. The number of carbonyl (C=O) groups excluding carboxylic acids is 2. The molecule has 0 saturated heterocycles. The molecule has 0 aliphatic carbocycles. The highest BCUT2D eigenvalue weighted by atomic mass is 16.5. The van der Waals surface area contributed by atoms with Crippen LogP contribution >= 0.6 is 0 Å². The Labute approximate surface area is 116 Å². The normalized spacial score (nSPS) is 13.7. The molecule has 0 spiro atoms. The Hall–Kier alpha value is -1.06. The van der Waals surface area contributed by atoms with Crippen molar-refractivity contribution in [3.8, 4) is 0 Å². The number of esters is 2. The van der Waals surface area contributed by atoms with Crippen molar-refractivity contribution >= 4 is 11.9 Å². The van der Waals surface area contributed by atoms with Crippen molar-refractivity contribution in [3.05, 3.63) is 0 Å². The quantitative estimate of drug-likeness (QED) is 0.571. The SMILES string of the molecule is CCCC(C)C(CC)OC(=O)CCCC(=O)OCC. The molecule has 112 valence electrons. The predicted molar refractivity (Wildman–Crippen MR) is 74.7 cm³/mol. The van der Waals surface area contributed by atoms with E-state index in [1.807, 2.05) is 6.92 Å². The minimum Gasteiger partial charge on any atom is -0.466 e. The number of hydrogen-bond acceptors (Lipinski definition) is 4. The molecule has 0 amide bonds. The third-order valence-corrected chi connectivity index (χ3v) is 3.13. The van der Waals surface area contributed by atoms with Crippen LogP contribution in [0.5, 0.6) is 0 Å². The van der Waals surface area contributed by atoms with Crippen molar-refractivity contribution < 1.29 is 19.1 Å². The summed E-state index contributed by atoms with van der Waals surface area (Å²) in [5.41, 5.74) is 0. The molecule has 4 heteroatoms. The van der Waals surface area contributed by atoms with E-state index in [1.165, 1.54) is 0 Å². The fourth-order valence-electron chi connectivity index (χ4n) is 2.08. The first-order valence-electron chi connectivity index (χ1n) is 7.40. The lowest BCUT2D eigenvalue weighted by Gasteiger charge is -2.22. The van der Waals surface area contributed by atoms with E-state index in [2.05, 4.69) is 13.8 Å². The van der Waals surface area contributed by atoms with Crippen LogP contribution in [0.25, 0.3) is 0 Å². The predicted octanol–water partition coefficient (Wildman–Crippen LogP) is 3.48. The summed E-state index contributed by atoms with van der Waals surface area (Å²) in [5.74, 6) is -0.0650. The molecule has 0 radical (unpaired) electrons. The van der Waals surface area contributed by atoms with E-state index in [1.54, 1.807) is 6.92 Å². The average molecular weight is 272 g/mol. The summed E-state index contributed by atoms with van der Waals surface area (Å²) in [6.45, 7) is 8.43. The van der Waals surface area contributed by atoms with Gasteiger partial charge in [0, 0.05) is 12.8 Å². The first-order valence-corrected chi connectivity index (χ1v) is 7.40. The van der Waals surface area contributed by atoms with Gasteiger partial charge in [0.05, 0.1) is 6.61 Å². The van der Waals surface area contributed by atoms with Crippen molar-refractivity contribution in [2.45, 2.75) is 72.3 Å². The van der Waals surface area contributed by atoms with Gasteiger partial charge in [0.25, 0.3) is 0 Å². The number of rotatable bonds is 10. The Morgan fingerprint density at radius 3 is 2.21 bits per heavy atom. The lowest BCUT2D eigenvalue weighted by Crippen LogP contribution is -2.24. The van der Waals surface area contributed by atoms with E-state index in [0.717, 1.165) is 19.3 Å². The fourth-order valence-corrected chi connectivity index (χ4v) is 2.08. The second-order valence-electron chi connectivity index (χ2n) is 4.86. The molecule has 4 nitrogen and oxygen atoms in total. The third-order valence-electron chi connectivity index (χ3n) is 3.13. The Kier molecular flexibility index (Phi) is 10.2. The molecule has 0 rings (SSSR count). The van der Waals surface area contributed by atoms with Crippen LogP contribution in [0.2, 0.25) is 0 Å². The third kappa shape index (κ3) is 8.62. The van der Waals surface area contributed by atoms with Crippen molar-refractivity contribution in [2.24, 2.45) is 5.92 Å². The standard InChI is InChI=1S/C15H28O4/c1-5-9-12(4)13(6-2)19-15(17)11-8-10-14(16)18-7-3/h12-13H,5-11H2,1-4H3. The molecule has 0 heterocycles. The zero-order chi connectivity index (χ0) is 14.7. The summed E-state index contributed by atoms with van der Waals surface area (Å²) >= 11 is 0. The second kappa shape index (κ2) is 10.8. The van der Waals surface area contributed by atoms with E-state index < -0.39 is 0 Å². The smallest absolute Gasteiger partial charge is 0.306 e. The van der Waals surface area contributed by atoms with E-state index in [4.69, 9.17) is 9.47 Å². The molecule has 0 aromatic heterocycles. The summed E-state index contributed by atoms with van der Waals surface area (Å²) in [7, 11) is 0. The highest BCUT2D eigenvalue weighted by molar-refractivity contribution is 5.72. The Bertz CT molecular complexity index is 263. The summed E-state index contributed by atoms with van der Waals surface area (Å²) in [4.78, 5) is 22.8. The van der Waals surface area contributed by atoms with Crippen LogP contribution in [0.4, 0.5) is 0 Å². The molecule has 2 unspecified atom stereocenters. The van der Waals surface area contributed by atoms with Crippen LogP contribution in [-0.4, -0.2) is 24.6 Å². The number of ether oxygens (including phenoxy) is 2. The Balaban J connectivity index is 3.91. The molecule has 0 bridgehead atoms. The zero-order valence-electron chi connectivity index (χ0n) is 12.7. The van der Waals surface area contributed by atoms with Gasteiger partial charge in [0.15, 0.2) is 0 Å². The number of hydrogen-bond donors (Lipinski definition) is 0. The molecule has 0 aromatic carbocycles. The summed E-state index contributed by atoms with van der Waals surface area (Å²) < 4.78 is 10.3. The van der Waals surface area contributed by atoms with Gasteiger partial charge in [-0.05, 0) is 32.1 Å². The maximum Gasteiger partial charge on any atom is 0.306 e. The summed E-state index contributed by atoms with van der Waals surface area (Å²) in [6, 6.07) is 0. The molecule has 0 aromatic rings. The van der Waals surface area contributed by atoms with Gasteiger partial charge in [-0.1, -0.05) is 27.2 Å². The fraction of sp³-hybridized carbons (Fsp3) is 0.867. The van der Waals surface area contributed by atoms with E-state index in [-0.39, 0.29) is 30.9 Å². The van der Waals surface area contributed by atoms with Gasteiger partial charge in [-0.2, -0.15) is 0 Å². The lowest BCUT2D eigenvalue weighted by molar-refractivity contribution is -0.152. The maximum atomic E-state index is 11.7. The summed E-state index contributed by atoms with van der Waals surface area (Å²) in [5, 5.41) is 0. The van der Waals surface area contributed by atoms with Crippen LogP contribution in [0.3, 0.4) is 0 Å². The molecule has 0 N–H and O–H groups in total. The van der Waals surface area contributed by atoms with Crippen LogP contribution in [0.15, 0.2) is 0 Å². The Morgan fingerprint density at radius 2 is 1.68 bits per heavy atom. The van der Waals surface area contributed by atoms with Crippen LogP contribution in [0.1, 0.15) is 66.2 Å². The van der Waals surface area contributed by atoms with Gasteiger partial charge < -0.3 is 9.47 Å². The second-order valence-corrected chi connectivity index (χ2v) is 4.86. The van der Waals surface area contributed by atoms with E-state index >= 15 is 0 Å². The molecule has 2 atom stereocenters. The van der Waals surface area contributed by atoms with Crippen LogP contribution in [0, 0.1) is 5.92 Å². The van der Waals surface area contributed by atoms with Gasteiger partial charge in [0.1, 0.15) is 6.10 Å². The van der Waals surface area contributed by atoms with E-state index in [0.29, 0.717) is 18.9 Å². The van der Waals surface area contributed by atoms with Crippen LogP contribution < -0.4 is 0 Å². The molecule has 0 fully saturated rings. The molecule has 0 aliphatic rings. The highest BCUT2D eigenvalue weighted by Gasteiger charge is 2.19. The minimum atomic E-state index is -0.248. The monoisotopic (exact) mass is 272 g/mol. The first kappa shape index (κ1) is 17.9. The minimum absolute atomic E-state index is 0.00459. The van der Waals surface area contributed by atoms with Gasteiger partial charge >= 0.3 is 11.9 Å². The molecule has 0 saturated carbocycles. The lowest BCUT2D eigenvalue weighted by atomic mass is 9.97. The van der Waals surface area contributed by atoms with Crippen molar-refractivity contribution in [3.63, 3.8) is 0 Å². The zero-order valence-corrected chi connectivity index (χ0v) is 12.7. The van der Waals surface area contributed by atoms with Gasteiger partial charge in [0.2, 0.25) is 0 Å². The van der Waals surface area contributed by atoms with Crippen LogP contribution in [-0.2, 0) is 19.1 Å². The largest absolute Gasteiger partial charge is 0.466 e. The summed E-state index contributed by atoms with van der Waals surface area (Å²) in [6.07, 6.45) is 4.06. The average Bonchev–Trinajstić information content (AvgIpc) is 2.36. The van der Waals surface area contributed by atoms with Crippen molar-refractivity contribution in [1.82, 2.24) is 0 Å². The molecular weight excluding hydrogens is 244 g/mol. The molecule has 19 heavy (non-hydrogen) atoms. The Morgan fingerprint density at radius 1 is 1.05 bits per heavy atom. The van der Waals surface area contributed by atoms with Crippen molar-refractivity contribution in [2.75, 3.05) is 6.61 Å². The first-order chi connectivity index (χ1) is 9.04. The molecule has 0 aliphatic heterocycles. The van der Waals surface area contributed by atoms with E-state index in [9.17, 15) is 9.59 Å². The maximum absolute atomic E-state index is 11.7. The topological polar surface area (TPSA) is 52.6 Å². The van der Waals surface area contributed by atoms with Gasteiger partial charge in [-0.3, -0.25) is 9.59 Å². The van der Waals surface area contributed by atoms with Gasteiger partial charge in [-0.25, -0.2) is 0 Å². The van der Waals surface area contributed by atoms with Gasteiger partial charge in [-0.15, -0.1) is 0 Å². The highest BCUT2D eigenvalue weighted by Crippen LogP contribution is 2.17. The number of carbonyl (C=O) groups is 2.